The number of unbranched alkanes of at least 4 members (excludes halogenated alkanes) is 20. The first-order chi connectivity index (χ1) is 43.8. The lowest BCUT2D eigenvalue weighted by Crippen LogP contribution is -2.63. The van der Waals surface area contributed by atoms with E-state index < -0.39 is 123 Å². The van der Waals surface area contributed by atoms with Crippen LogP contribution in [0.25, 0.3) is 10.4 Å². The predicted molar refractivity (Wildman–Crippen MR) is 343 cm³/mol. The number of imide groups is 1. The Morgan fingerprint density at radius 2 is 1.30 bits per heavy atom. The average Bonchev–Trinajstić information content (AvgIpc) is 0.884. The number of ether oxygens (including phenoxy) is 4. The summed E-state index contributed by atoms with van der Waals surface area (Å²) < 4.78 is 37.1. The number of aryl methyl sites for hydroxylation is 1. The zero-order valence-electron chi connectivity index (χ0n) is 54.2. The third-order valence-electron chi connectivity index (χ3n) is 16.4. The number of aliphatic hydroxyl groups is 5. The molecule has 1 fully saturated rings. The summed E-state index contributed by atoms with van der Waals surface area (Å²) in [6.45, 7) is 3.45. The number of anilines is 1. The molecule has 0 unspecified atom stereocenters. The highest BCUT2D eigenvalue weighted by molar-refractivity contribution is 5.98. The Morgan fingerprint density at radius 3 is 1.89 bits per heavy atom. The number of amides is 6. The summed E-state index contributed by atoms with van der Waals surface area (Å²) in [4.78, 5) is 87.8. The fourth-order valence-electron chi connectivity index (χ4n) is 10.9. The van der Waals surface area contributed by atoms with Gasteiger partial charge in [-0.1, -0.05) is 166 Å². The van der Waals surface area contributed by atoms with Crippen LogP contribution in [0.2, 0.25) is 0 Å². The van der Waals surface area contributed by atoms with Crippen molar-refractivity contribution >= 4 is 41.5 Å². The first-order valence-corrected chi connectivity index (χ1v) is 33.3. The van der Waals surface area contributed by atoms with Gasteiger partial charge >= 0.3 is 18.1 Å². The Kier molecular flexibility index (Phi) is 40.7. The number of nitrogen functional groups attached to an aromatic ring is 1. The normalized spacial score (nSPS) is 18.0. The maximum absolute atomic E-state index is 15.7. The largest absolute Gasteiger partial charge is 0.460 e. The van der Waals surface area contributed by atoms with Gasteiger partial charge in [0.25, 0.3) is 5.91 Å². The molecule has 1 aliphatic heterocycles. The molecular formula is C66H108FN9O15. The third kappa shape index (κ3) is 32.3. The Morgan fingerprint density at radius 1 is 0.725 bits per heavy atom. The summed E-state index contributed by atoms with van der Waals surface area (Å²) in [6, 6.07) is 7.08. The predicted octanol–water partition coefficient (Wildman–Crippen LogP) is 9.12. The molecule has 514 valence electrons. The average molecular weight is 1290 g/mol. The molecule has 1 saturated heterocycles. The lowest BCUT2D eigenvalue weighted by molar-refractivity contribution is -0.304. The second kappa shape index (κ2) is 46.8. The molecular weight excluding hydrogens is 1180 g/mol. The maximum Gasteiger partial charge on any atom is 0.417 e. The van der Waals surface area contributed by atoms with Crippen molar-refractivity contribution in [2.45, 2.75) is 275 Å². The minimum absolute atomic E-state index is 0.0173. The zero-order valence-corrected chi connectivity index (χ0v) is 54.2. The number of benzene rings is 2. The van der Waals surface area contributed by atoms with Crippen LogP contribution in [0.5, 0.6) is 0 Å². The van der Waals surface area contributed by atoms with Gasteiger partial charge in [0.2, 0.25) is 11.8 Å². The van der Waals surface area contributed by atoms with E-state index in [4.69, 9.17) is 35.9 Å². The number of carbonyl (C=O) groups is 6. The Balaban J connectivity index is 2.06. The number of urea groups is 1. The lowest BCUT2D eigenvalue weighted by atomic mass is 9.96. The van der Waals surface area contributed by atoms with Crippen molar-refractivity contribution in [3.8, 4) is 0 Å². The molecule has 0 radical (unpaired) electrons. The first-order valence-electron chi connectivity index (χ1n) is 33.3. The fourth-order valence-corrected chi connectivity index (χ4v) is 10.9. The first kappa shape index (κ1) is 79.1. The highest BCUT2D eigenvalue weighted by atomic mass is 19.1. The summed E-state index contributed by atoms with van der Waals surface area (Å²) in [7, 11) is 0. The van der Waals surface area contributed by atoms with Crippen molar-refractivity contribution in [1.29, 1.82) is 0 Å². The van der Waals surface area contributed by atoms with E-state index in [-0.39, 0.29) is 51.0 Å². The number of rotatable bonds is 49. The van der Waals surface area contributed by atoms with Gasteiger partial charge in [-0.25, -0.2) is 18.9 Å². The molecule has 2 aromatic rings. The van der Waals surface area contributed by atoms with Crippen LogP contribution in [0.4, 0.5) is 19.7 Å². The van der Waals surface area contributed by atoms with Crippen LogP contribution in [-0.2, 0) is 51.2 Å². The van der Waals surface area contributed by atoms with Crippen LogP contribution in [0, 0.1) is 11.7 Å². The van der Waals surface area contributed by atoms with Gasteiger partial charge < -0.3 is 71.9 Å². The van der Waals surface area contributed by atoms with Gasteiger partial charge in [-0.3, -0.25) is 19.2 Å². The van der Waals surface area contributed by atoms with Crippen LogP contribution in [0.1, 0.15) is 212 Å². The number of nitrogens with zero attached hydrogens (tertiary/aromatic N) is 4. The fraction of sp³-hybridized carbons (Fsp3) is 0.727. The maximum atomic E-state index is 15.7. The molecule has 0 bridgehead atoms. The third-order valence-corrected chi connectivity index (χ3v) is 16.4. The molecule has 24 nitrogen and oxygen atoms in total. The number of hydrogen-bond donors (Lipinski definition) is 10. The van der Waals surface area contributed by atoms with E-state index in [9.17, 15) is 49.1 Å². The number of carbonyl (C=O) groups excluding carboxylic acids is 6. The van der Waals surface area contributed by atoms with Crippen LogP contribution in [0.15, 0.2) is 53.6 Å². The molecule has 25 heteroatoms. The van der Waals surface area contributed by atoms with E-state index in [1.54, 1.807) is 50.2 Å². The van der Waals surface area contributed by atoms with E-state index in [2.05, 4.69) is 32.9 Å². The molecule has 10 atom stereocenters. The summed E-state index contributed by atoms with van der Waals surface area (Å²) in [5.74, 6) is -3.99. The van der Waals surface area contributed by atoms with Gasteiger partial charge in [0.1, 0.15) is 61.1 Å². The van der Waals surface area contributed by atoms with Crippen LogP contribution in [-0.4, -0.2) is 154 Å². The Bertz CT molecular complexity index is 2420. The molecule has 1 aliphatic rings. The van der Waals surface area contributed by atoms with Crippen molar-refractivity contribution in [1.82, 2.24) is 20.9 Å². The SMILES string of the molecule is CCCCCCCCCCCCCC[C@@H](OC(=O)CCCCCCCCCCc1ccc(F)cc1)[C@@H](O)[C@H](CO[C@H]1O[C@H](CO)[C@H](O)[C@H](O)[C@H]1O)N(C(=O)OCc1ccc(N)cc1)C(=O)[C@H](CCCNC(N)=O)NC(=O)[C@@H](NC(=O)CCCCCN=[N+]=[N-])C(C)C. The van der Waals surface area contributed by atoms with E-state index >= 15 is 9.59 Å². The Hall–Kier alpha value is -6.18. The molecule has 1 heterocycles. The molecule has 0 aliphatic carbocycles. The van der Waals surface area contributed by atoms with Crippen LogP contribution < -0.4 is 27.4 Å². The van der Waals surface area contributed by atoms with Crippen molar-refractivity contribution in [3.63, 3.8) is 0 Å². The number of esters is 1. The molecule has 6 amide bonds. The molecule has 0 aromatic heterocycles. The molecule has 12 N–H and O–H groups in total. The number of primary amides is 1. The number of halogens is 1. The van der Waals surface area contributed by atoms with Crippen LogP contribution in [0.3, 0.4) is 0 Å². The standard InChI is InChI=1S/C66H108FN9O15/c1-4-5-6-7-8-9-10-11-12-16-19-23-30-53(90-56(79)32-25-20-17-14-13-15-18-22-28-47-33-37-49(67)38-34-47)58(80)52(45-88-64-61(83)60(82)59(81)54(43-77)91-64)76(66(87)89-44-48-35-39-50(68)40-36-48)63(85)51(29-27-41-71-65(69)86)73-62(84)57(46(2)3)74-55(78)31-24-21-26-42-72-75-70/h33-40,46,51-54,57-61,64,77,80-83H,4-32,41-45,68H2,1-3H3,(H,73,84)(H,74,78)(H3,69,71,86)/t51-,52-,53+,54+,57-,58-,59-,60-,61+,64-/m0/s1. The minimum atomic E-state index is -2.00. The van der Waals surface area contributed by atoms with E-state index in [1.807, 2.05) is 0 Å². The highest BCUT2D eigenvalue weighted by Gasteiger charge is 2.48. The van der Waals surface area contributed by atoms with Crippen molar-refractivity contribution in [3.05, 3.63) is 75.9 Å². The molecule has 0 spiro atoms. The lowest BCUT2D eigenvalue weighted by Gasteiger charge is -2.41. The van der Waals surface area contributed by atoms with Crippen LogP contribution >= 0.6 is 0 Å². The molecule has 3 rings (SSSR count). The van der Waals surface area contributed by atoms with Crippen molar-refractivity contribution in [2.75, 3.05) is 32.0 Å². The number of aliphatic hydroxyl groups excluding tert-OH is 5. The number of hydrogen-bond acceptors (Lipinski definition) is 17. The second-order valence-corrected chi connectivity index (χ2v) is 24.3. The number of nitrogens with one attached hydrogen (secondary N) is 3. The molecule has 2 aromatic carbocycles. The van der Waals surface area contributed by atoms with Gasteiger partial charge in [0, 0.05) is 36.5 Å². The van der Waals surface area contributed by atoms with Gasteiger partial charge in [-0.05, 0) is 105 Å². The monoisotopic (exact) mass is 1290 g/mol. The summed E-state index contributed by atoms with van der Waals surface area (Å²) in [5, 5.41) is 67.1. The smallest absolute Gasteiger partial charge is 0.417 e. The number of nitrogens with two attached hydrogens (primary N) is 2. The van der Waals surface area contributed by atoms with E-state index in [0.29, 0.717) is 61.1 Å². The number of azide groups is 1. The highest BCUT2D eigenvalue weighted by Crippen LogP contribution is 2.27. The molecule has 0 saturated carbocycles. The van der Waals surface area contributed by atoms with Gasteiger partial charge in [-0.2, -0.15) is 0 Å². The summed E-state index contributed by atoms with van der Waals surface area (Å²) in [5.41, 5.74) is 21.9. The van der Waals surface area contributed by atoms with E-state index in [0.717, 1.165) is 82.6 Å². The van der Waals surface area contributed by atoms with Crippen molar-refractivity contribution in [2.24, 2.45) is 16.8 Å². The summed E-state index contributed by atoms with van der Waals surface area (Å²) in [6.07, 6.45) is 7.40. The zero-order chi connectivity index (χ0) is 66.8. The van der Waals surface area contributed by atoms with E-state index in [1.165, 1.54) is 44.2 Å². The quantitative estimate of drug-likeness (QED) is 0.00737. The molecule has 91 heavy (non-hydrogen) atoms. The van der Waals surface area contributed by atoms with Gasteiger partial charge in [-0.15, -0.1) is 0 Å². The van der Waals surface area contributed by atoms with Crippen molar-refractivity contribution < 1.29 is 77.6 Å². The minimum Gasteiger partial charge on any atom is -0.460 e. The second-order valence-electron chi connectivity index (χ2n) is 24.3. The summed E-state index contributed by atoms with van der Waals surface area (Å²) >= 11 is 0. The van der Waals surface area contributed by atoms with Gasteiger partial charge in [0.05, 0.1) is 19.3 Å². The van der Waals surface area contributed by atoms with Gasteiger partial charge in [0.15, 0.2) is 6.29 Å². The Labute approximate surface area is 537 Å². The topological polar surface area (TPSA) is 381 Å².